The number of anilines is 1. The van der Waals surface area contributed by atoms with Gasteiger partial charge in [0.15, 0.2) is 0 Å². The Morgan fingerprint density at radius 1 is 1.25 bits per heavy atom. The van der Waals surface area contributed by atoms with Crippen molar-refractivity contribution in [2.45, 2.75) is 46.0 Å². The van der Waals surface area contributed by atoms with Crippen molar-refractivity contribution in [1.29, 1.82) is 0 Å². The van der Waals surface area contributed by atoms with Crippen molar-refractivity contribution in [3.8, 4) is 0 Å². The van der Waals surface area contributed by atoms with Crippen molar-refractivity contribution >= 4 is 11.6 Å². The second-order valence-corrected chi connectivity index (χ2v) is 3.80. The van der Waals surface area contributed by atoms with Gasteiger partial charge in [0.25, 0.3) is 0 Å². The van der Waals surface area contributed by atoms with Crippen LogP contribution >= 0.6 is 0 Å². The Balaban J connectivity index is 0.000000606. The van der Waals surface area contributed by atoms with Crippen LogP contribution in [0.4, 0.5) is 5.69 Å². The minimum Gasteiger partial charge on any atom is -0.326 e. The molecule has 2 rings (SSSR count). The van der Waals surface area contributed by atoms with Gasteiger partial charge in [0, 0.05) is 12.1 Å². The molecule has 2 nitrogen and oxygen atoms in total. The summed E-state index contributed by atoms with van der Waals surface area (Å²) in [6, 6.07) is 8.20. The summed E-state index contributed by atoms with van der Waals surface area (Å²) in [4.78, 5) is 11.1. The van der Waals surface area contributed by atoms with E-state index in [0.29, 0.717) is 6.42 Å². The van der Waals surface area contributed by atoms with E-state index in [1.54, 1.807) is 0 Å². The molecule has 0 unspecified atom stereocenters. The summed E-state index contributed by atoms with van der Waals surface area (Å²) in [6.07, 6.45) is 3.17. The van der Waals surface area contributed by atoms with Crippen LogP contribution in [-0.2, 0) is 4.79 Å². The van der Waals surface area contributed by atoms with Crippen LogP contribution in [0.1, 0.15) is 51.5 Å². The van der Waals surface area contributed by atoms with Crippen molar-refractivity contribution in [1.82, 2.24) is 0 Å². The molecule has 0 aromatic heterocycles. The number of nitrogens with one attached hydrogen (secondary N) is 1. The maximum Gasteiger partial charge on any atom is 0.224 e. The third kappa shape index (κ3) is 3.69. The average Bonchev–Trinajstić information content (AvgIpc) is 3.17. The second-order valence-electron chi connectivity index (χ2n) is 3.80. The molecule has 16 heavy (non-hydrogen) atoms. The molecule has 0 spiro atoms. The number of rotatable bonds is 3. The first-order valence-corrected chi connectivity index (χ1v) is 6.19. The van der Waals surface area contributed by atoms with Crippen LogP contribution in [-0.4, -0.2) is 5.91 Å². The Morgan fingerprint density at radius 2 is 1.81 bits per heavy atom. The minimum atomic E-state index is 0.0733. The van der Waals surface area contributed by atoms with E-state index in [0.717, 1.165) is 11.6 Å². The quantitative estimate of drug-likeness (QED) is 0.819. The summed E-state index contributed by atoms with van der Waals surface area (Å²) in [6.45, 7) is 5.86. The lowest BCUT2D eigenvalue weighted by atomic mass is 10.1. The Kier molecular flexibility index (Phi) is 5.03. The highest BCUT2D eigenvalue weighted by Crippen LogP contribution is 2.40. The van der Waals surface area contributed by atoms with Gasteiger partial charge in [0.2, 0.25) is 5.91 Å². The van der Waals surface area contributed by atoms with E-state index in [2.05, 4.69) is 17.4 Å². The molecule has 1 amide bonds. The maximum atomic E-state index is 11.1. The topological polar surface area (TPSA) is 29.1 Å². The Hall–Kier alpha value is -1.31. The van der Waals surface area contributed by atoms with Crippen LogP contribution in [0.3, 0.4) is 0 Å². The summed E-state index contributed by atoms with van der Waals surface area (Å²) < 4.78 is 0. The first-order valence-electron chi connectivity index (χ1n) is 6.19. The molecular weight excluding hydrogens is 198 g/mol. The summed E-state index contributed by atoms with van der Waals surface area (Å²) in [5.74, 6) is 0.857. The van der Waals surface area contributed by atoms with Crippen LogP contribution < -0.4 is 5.32 Å². The zero-order valence-corrected chi connectivity index (χ0v) is 10.4. The van der Waals surface area contributed by atoms with Crippen LogP contribution in [0.2, 0.25) is 0 Å². The predicted molar refractivity (Wildman–Crippen MR) is 68.7 cm³/mol. The SMILES string of the molecule is CC.CCC(=O)Nc1ccc(C2CC2)cc1. The molecule has 1 aliphatic rings. The molecule has 1 fully saturated rings. The van der Waals surface area contributed by atoms with Gasteiger partial charge in [0.1, 0.15) is 0 Å². The lowest BCUT2D eigenvalue weighted by Crippen LogP contribution is -2.09. The third-order valence-electron chi connectivity index (χ3n) is 2.56. The van der Waals surface area contributed by atoms with Gasteiger partial charge in [-0.1, -0.05) is 32.9 Å². The first-order chi connectivity index (χ1) is 7.79. The van der Waals surface area contributed by atoms with E-state index in [9.17, 15) is 4.79 Å². The van der Waals surface area contributed by atoms with E-state index in [1.807, 2.05) is 32.9 Å². The second kappa shape index (κ2) is 6.31. The molecule has 0 heterocycles. The predicted octanol–water partition coefficient (Wildman–Crippen LogP) is 3.94. The highest BCUT2D eigenvalue weighted by atomic mass is 16.1. The standard InChI is InChI=1S/C12H15NO.C2H6/c1-2-12(14)13-11-7-5-10(6-8-11)9-3-4-9;1-2/h5-9H,2-4H2,1H3,(H,13,14);1-2H3. The van der Waals surface area contributed by atoms with Gasteiger partial charge in [-0.05, 0) is 36.5 Å². The zero-order valence-electron chi connectivity index (χ0n) is 10.4. The lowest BCUT2D eigenvalue weighted by Gasteiger charge is -2.04. The van der Waals surface area contributed by atoms with Gasteiger partial charge < -0.3 is 5.32 Å². The fourth-order valence-electron chi connectivity index (χ4n) is 1.50. The maximum absolute atomic E-state index is 11.1. The molecule has 0 saturated heterocycles. The molecule has 2 heteroatoms. The van der Waals surface area contributed by atoms with Crippen molar-refractivity contribution < 1.29 is 4.79 Å². The first kappa shape index (κ1) is 12.8. The molecule has 0 radical (unpaired) electrons. The summed E-state index contributed by atoms with van der Waals surface area (Å²) in [5.41, 5.74) is 2.31. The number of carbonyl (C=O) groups excluding carboxylic acids is 1. The van der Waals surface area contributed by atoms with Crippen LogP contribution in [0.15, 0.2) is 24.3 Å². The van der Waals surface area contributed by atoms with E-state index in [-0.39, 0.29) is 5.91 Å². The molecule has 1 aliphatic carbocycles. The number of hydrogen-bond acceptors (Lipinski definition) is 1. The lowest BCUT2D eigenvalue weighted by molar-refractivity contribution is -0.115. The number of amides is 1. The average molecular weight is 219 g/mol. The highest BCUT2D eigenvalue weighted by molar-refractivity contribution is 5.90. The van der Waals surface area contributed by atoms with E-state index in [4.69, 9.17) is 0 Å². The normalized spacial score (nSPS) is 13.7. The molecule has 1 N–H and O–H groups in total. The Bertz CT molecular complexity index is 325. The van der Waals surface area contributed by atoms with Gasteiger partial charge >= 0.3 is 0 Å². The van der Waals surface area contributed by atoms with Crippen LogP contribution in [0, 0.1) is 0 Å². The molecule has 0 bridgehead atoms. The van der Waals surface area contributed by atoms with E-state index >= 15 is 0 Å². The van der Waals surface area contributed by atoms with Gasteiger partial charge in [-0.25, -0.2) is 0 Å². The van der Waals surface area contributed by atoms with Gasteiger partial charge in [-0.3, -0.25) is 4.79 Å². The molecule has 0 atom stereocenters. The minimum absolute atomic E-state index is 0.0733. The van der Waals surface area contributed by atoms with E-state index < -0.39 is 0 Å². The zero-order chi connectivity index (χ0) is 12.0. The molecule has 1 aromatic carbocycles. The van der Waals surface area contributed by atoms with Crippen molar-refractivity contribution in [3.05, 3.63) is 29.8 Å². The molecule has 1 aromatic rings. The largest absolute Gasteiger partial charge is 0.326 e. The van der Waals surface area contributed by atoms with Gasteiger partial charge in [-0.2, -0.15) is 0 Å². The number of carbonyl (C=O) groups is 1. The van der Waals surface area contributed by atoms with Crippen molar-refractivity contribution in [2.24, 2.45) is 0 Å². The summed E-state index contributed by atoms with van der Waals surface area (Å²) in [5, 5.41) is 2.84. The van der Waals surface area contributed by atoms with Crippen molar-refractivity contribution in [2.75, 3.05) is 5.32 Å². The Morgan fingerprint density at radius 3 is 2.25 bits per heavy atom. The molecular formula is C14H21NO. The summed E-state index contributed by atoms with van der Waals surface area (Å²) in [7, 11) is 0. The Labute approximate surface area is 98.1 Å². The van der Waals surface area contributed by atoms with Crippen LogP contribution in [0.5, 0.6) is 0 Å². The third-order valence-corrected chi connectivity index (χ3v) is 2.56. The van der Waals surface area contributed by atoms with Gasteiger partial charge in [0.05, 0.1) is 0 Å². The van der Waals surface area contributed by atoms with Crippen LogP contribution in [0.25, 0.3) is 0 Å². The van der Waals surface area contributed by atoms with Gasteiger partial charge in [-0.15, -0.1) is 0 Å². The molecule has 1 saturated carbocycles. The fraction of sp³-hybridized carbons (Fsp3) is 0.500. The number of hydrogen-bond donors (Lipinski definition) is 1. The highest BCUT2D eigenvalue weighted by Gasteiger charge is 2.22. The molecule has 88 valence electrons. The molecule has 0 aliphatic heterocycles. The fourth-order valence-corrected chi connectivity index (χ4v) is 1.50. The summed E-state index contributed by atoms with van der Waals surface area (Å²) >= 11 is 0. The monoisotopic (exact) mass is 219 g/mol. The van der Waals surface area contributed by atoms with Crippen molar-refractivity contribution in [3.63, 3.8) is 0 Å². The number of benzene rings is 1. The van der Waals surface area contributed by atoms with E-state index in [1.165, 1.54) is 18.4 Å². The smallest absolute Gasteiger partial charge is 0.224 e.